The standard InChI is InChI=1S/C56H102N2O23/c1-4-6-8-10-12-14-15-16-17-19-20-22-24-26-35(64)34(58-40(65)27-25-23-21-18-13-11-9-7-5-2)32-74-54-47(71)45(69)50(38(30-61)77-54)79-55-48(72)46(70)51(39(31-62)78-55)80-56-49(73)52(43(67)37(29-60)76-56)81-53-41(57-33(3)63)44(68)42(66)36(28-59)75-53/h24,26,34-39,41-56,59-62,64,66-73H,4-23,25,27-32H2,1-3H3,(H,57,63)(H,58,65)/b26-24+. The van der Waals surface area contributed by atoms with E-state index < -0.39 is 174 Å². The maximum absolute atomic E-state index is 13.2. The molecule has 22 atom stereocenters. The third kappa shape index (κ3) is 22.6. The van der Waals surface area contributed by atoms with Crippen LogP contribution in [0.2, 0.25) is 0 Å². The second kappa shape index (κ2) is 38.8. The van der Waals surface area contributed by atoms with E-state index in [-0.39, 0.29) is 12.3 Å². The van der Waals surface area contributed by atoms with Gasteiger partial charge in [0.2, 0.25) is 11.8 Å². The van der Waals surface area contributed by atoms with E-state index in [0.29, 0.717) is 12.8 Å². The third-order valence-electron chi connectivity index (χ3n) is 15.6. The van der Waals surface area contributed by atoms with Gasteiger partial charge in [-0.25, -0.2) is 0 Å². The van der Waals surface area contributed by atoms with Crippen molar-refractivity contribution in [1.82, 2.24) is 10.6 Å². The van der Waals surface area contributed by atoms with Crippen LogP contribution in [0.3, 0.4) is 0 Å². The number of nitrogens with one attached hydrogen (secondary N) is 2. The quantitative estimate of drug-likeness (QED) is 0.0271. The summed E-state index contributed by atoms with van der Waals surface area (Å²) in [6.45, 7) is 1.55. The number of carbonyl (C=O) groups is 2. The van der Waals surface area contributed by atoms with E-state index in [0.717, 1.165) is 51.9 Å². The van der Waals surface area contributed by atoms with Crippen molar-refractivity contribution in [1.29, 1.82) is 0 Å². The van der Waals surface area contributed by atoms with Crippen molar-refractivity contribution in [3.63, 3.8) is 0 Å². The van der Waals surface area contributed by atoms with Crippen molar-refractivity contribution in [3.8, 4) is 0 Å². The van der Waals surface area contributed by atoms with Gasteiger partial charge in [0.1, 0.15) is 97.6 Å². The van der Waals surface area contributed by atoms with Gasteiger partial charge >= 0.3 is 0 Å². The average molecular weight is 1170 g/mol. The summed E-state index contributed by atoms with van der Waals surface area (Å²) in [5.74, 6) is -1.01. The summed E-state index contributed by atoms with van der Waals surface area (Å²) in [6, 6.07) is -2.52. The van der Waals surface area contributed by atoms with E-state index in [2.05, 4.69) is 24.5 Å². The Bertz CT molecular complexity index is 1720. The van der Waals surface area contributed by atoms with Crippen LogP contribution in [0.15, 0.2) is 12.2 Å². The number of hydrogen-bond acceptors (Lipinski definition) is 23. The summed E-state index contributed by atoms with van der Waals surface area (Å²) in [7, 11) is 0. The molecule has 4 fully saturated rings. The average Bonchev–Trinajstić information content (AvgIpc) is 3.47. The number of aliphatic hydroxyl groups is 13. The van der Waals surface area contributed by atoms with E-state index in [1.807, 2.05) is 6.08 Å². The fraction of sp³-hybridized carbons (Fsp3) is 0.929. The summed E-state index contributed by atoms with van der Waals surface area (Å²) in [6.07, 6.45) is -8.17. The minimum absolute atomic E-state index is 0.216. The topological polar surface area (TPSA) is 395 Å². The zero-order valence-corrected chi connectivity index (χ0v) is 47.8. The van der Waals surface area contributed by atoms with Gasteiger partial charge in [0.15, 0.2) is 25.2 Å². The van der Waals surface area contributed by atoms with Gasteiger partial charge in [0, 0.05) is 13.3 Å². The molecule has 4 heterocycles. The van der Waals surface area contributed by atoms with Gasteiger partial charge in [-0.15, -0.1) is 0 Å². The lowest BCUT2D eigenvalue weighted by Gasteiger charge is -2.49. The Morgan fingerprint density at radius 2 is 0.901 bits per heavy atom. The molecule has 474 valence electrons. The summed E-state index contributed by atoms with van der Waals surface area (Å²) in [5, 5.41) is 147. The molecule has 0 spiro atoms. The van der Waals surface area contributed by atoms with Gasteiger partial charge in [0.25, 0.3) is 0 Å². The molecule has 4 aliphatic heterocycles. The lowest BCUT2D eigenvalue weighted by molar-refractivity contribution is -0.386. The molecule has 0 aromatic rings. The van der Waals surface area contributed by atoms with Crippen LogP contribution >= 0.6 is 0 Å². The molecule has 0 aromatic carbocycles. The summed E-state index contributed by atoms with van der Waals surface area (Å²) >= 11 is 0. The van der Waals surface area contributed by atoms with Gasteiger partial charge in [0.05, 0.1) is 45.2 Å². The van der Waals surface area contributed by atoms with E-state index >= 15 is 0 Å². The Kier molecular flexibility index (Phi) is 34.2. The third-order valence-corrected chi connectivity index (χ3v) is 15.6. The first kappa shape index (κ1) is 71.3. The van der Waals surface area contributed by atoms with Crippen LogP contribution in [0.25, 0.3) is 0 Å². The highest BCUT2D eigenvalue weighted by Gasteiger charge is 2.56. The van der Waals surface area contributed by atoms with Crippen LogP contribution in [-0.4, -0.2) is 246 Å². The number of hydrogen-bond donors (Lipinski definition) is 15. The largest absolute Gasteiger partial charge is 0.394 e. The van der Waals surface area contributed by atoms with Crippen molar-refractivity contribution in [2.45, 2.75) is 297 Å². The van der Waals surface area contributed by atoms with E-state index in [4.69, 9.17) is 37.9 Å². The van der Waals surface area contributed by atoms with E-state index in [9.17, 15) is 76.0 Å². The lowest BCUT2D eigenvalue weighted by atomic mass is 9.95. The Morgan fingerprint density at radius 1 is 0.481 bits per heavy atom. The Labute approximate surface area is 477 Å². The molecule has 0 radical (unpaired) electrons. The van der Waals surface area contributed by atoms with Crippen molar-refractivity contribution in [2.75, 3.05) is 33.0 Å². The van der Waals surface area contributed by atoms with E-state index in [1.54, 1.807) is 6.08 Å². The minimum Gasteiger partial charge on any atom is -0.394 e. The molecule has 4 rings (SSSR count). The summed E-state index contributed by atoms with van der Waals surface area (Å²) in [4.78, 5) is 25.3. The fourth-order valence-corrected chi connectivity index (χ4v) is 10.7. The first-order chi connectivity index (χ1) is 39.0. The van der Waals surface area contributed by atoms with Gasteiger partial charge in [-0.3, -0.25) is 9.59 Å². The number of unbranched alkanes of at least 4 members (excludes halogenated alkanes) is 19. The van der Waals surface area contributed by atoms with Gasteiger partial charge in [-0.05, 0) is 19.3 Å². The molecule has 15 N–H and O–H groups in total. The first-order valence-corrected chi connectivity index (χ1v) is 29.9. The zero-order chi connectivity index (χ0) is 59.4. The van der Waals surface area contributed by atoms with Gasteiger partial charge < -0.3 is 115 Å². The maximum atomic E-state index is 13.2. The minimum atomic E-state index is -2.09. The predicted octanol–water partition coefficient (Wildman–Crippen LogP) is -0.557. The summed E-state index contributed by atoms with van der Waals surface area (Å²) in [5.41, 5.74) is 0. The van der Waals surface area contributed by atoms with Crippen LogP contribution in [0.1, 0.15) is 162 Å². The van der Waals surface area contributed by atoms with Gasteiger partial charge in [-0.1, -0.05) is 142 Å². The second-order valence-electron chi connectivity index (χ2n) is 22.2. The van der Waals surface area contributed by atoms with Crippen molar-refractivity contribution >= 4 is 11.8 Å². The molecule has 25 heteroatoms. The SMILES string of the molecule is CCCCCCCCCCCCC/C=C/C(O)C(COC1OC(CO)C(OC2OC(CO)C(OC3OC(CO)C(O)C(OC4OC(CO)C(O)C(O)C4NC(C)=O)C3O)C(O)C2O)C(O)C1O)NC(=O)CCCCCCCCCCC. The number of aliphatic hydroxyl groups excluding tert-OH is 13. The predicted molar refractivity (Wildman–Crippen MR) is 289 cm³/mol. The number of amides is 2. The number of carbonyl (C=O) groups excluding carboxylic acids is 2. The highest BCUT2D eigenvalue weighted by molar-refractivity contribution is 5.76. The molecule has 0 aromatic heterocycles. The lowest BCUT2D eigenvalue weighted by Crippen LogP contribution is -2.69. The monoisotopic (exact) mass is 1170 g/mol. The van der Waals surface area contributed by atoms with E-state index in [1.165, 1.54) is 77.0 Å². The molecule has 0 saturated carbocycles. The first-order valence-electron chi connectivity index (χ1n) is 29.9. The molecule has 4 saturated heterocycles. The van der Waals surface area contributed by atoms with Crippen LogP contribution in [0.4, 0.5) is 0 Å². The molecular formula is C56H102N2O23. The molecular weight excluding hydrogens is 1070 g/mol. The normalized spacial score (nSPS) is 35.5. The smallest absolute Gasteiger partial charge is 0.220 e. The number of ether oxygens (including phenoxy) is 8. The summed E-state index contributed by atoms with van der Waals surface area (Å²) < 4.78 is 46.3. The number of rotatable bonds is 39. The second-order valence-corrected chi connectivity index (χ2v) is 22.2. The Morgan fingerprint density at radius 3 is 1.41 bits per heavy atom. The van der Waals surface area contributed by atoms with Crippen molar-refractivity contribution < 1.29 is 114 Å². The van der Waals surface area contributed by atoms with Gasteiger partial charge in [-0.2, -0.15) is 0 Å². The molecule has 81 heavy (non-hydrogen) atoms. The van der Waals surface area contributed by atoms with Crippen LogP contribution in [0.5, 0.6) is 0 Å². The Balaban J connectivity index is 1.37. The molecule has 0 aliphatic carbocycles. The molecule has 22 unspecified atom stereocenters. The molecule has 25 nitrogen and oxygen atoms in total. The fourth-order valence-electron chi connectivity index (χ4n) is 10.7. The highest BCUT2D eigenvalue weighted by Crippen LogP contribution is 2.35. The molecule has 2 amide bonds. The zero-order valence-electron chi connectivity index (χ0n) is 47.8. The van der Waals surface area contributed by atoms with Crippen LogP contribution in [-0.2, 0) is 47.5 Å². The molecule has 0 bridgehead atoms. The maximum Gasteiger partial charge on any atom is 0.220 e. The Hall–Kier alpha value is -2.16. The number of allylic oxidation sites excluding steroid dienone is 1. The van der Waals surface area contributed by atoms with Crippen molar-refractivity contribution in [3.05, 3.63) is 12.2 Å². The van der Waals surface area contributed by atoms with Crippen LogP contribution < -0.4 is 10.6 Å². The van der Waals surface area contributed by atoms with Crippen molar-refractivity contribution in [2.24, 2.45) is 0 Å². The highest BCUT2D eigenvalue weighted by atomic mass is 16.8. The molecule has 4 aliphatic rings. The van der Waals surface area contributed by atoms with Crippen LogP contribution in [0, 0.1) is 0 Å².